The molecule has 1 saturated heterocycles. The van der Waals surface area contributed by atoms with E-state index in [-0.39, 0.29) is 73.7 Å². The zero-order valence-corrected chi connectivity index (χ0v) is 33.9. The SMILES string of the molecule is CC(C)COS(=O)(=O)CCCCC(=O)OC(C)OC(=O)O[C@@](Cn1cncn1)(c1ccc(F)cc1F)[C@@H](C)SC1COC(/C=C/C=C/c2ccc(C#N)cc2F)OC1. The van der Waals surface area contributed by atoms with Crippen molar-refractivity contribution in [2.24, 2.45) is 5.92 Å². The minimum Gasteiger partial charge on any atom is -0.425 e. The number of hydrogen-bond acceptors (Lipinski definition) is 14. The van der Waals surface area contributed by atoms with Crippen molar-refractivity contribution in [3.05, 3.63) is 101 Å². The summed E-state index contributed by atoms with van der Waals surface area (Å²) in [5, 5.41) is 11.8. The molecule has 19 heteroatoms. The van der Waals surface area contributed by atoms with Gasteiger partial charge in [0.2, 0.25) is 6.29 Å². The van der Waals surface area contributed by atoms with Crippen LogP contribution in [0.1, 0.15) is 63.6 Å². The Kier molecular flexibility index (Phi) is 17.3. The maximum absolute atomic E-state index is 15.7. The van der Waals surface area contributed by atoms with Crippen LogP contribution in [0.15, 0.2) is 67.3 Å². The molecule has 1 aliphatic rings. The normalized spacial score (nSPS) is 18.1. The van der Waals surface area contributed by atoms with Crippen molar-refractivity contribution in [2.75, 3.05) is 25.6 Å². The highest BCUT2D eigenvalue weighted by Crippen LogP contribution is 2.42. The molecule has 314 valence electrons. The summed E-state index contributed by atoms with van der Waals surface area (Å²) in [6, 6.07) is 8.83. The van der Waals surface area contributed by atoms with Crippen molar-refractivity contribution in [2.45, 2.75) is 82.2 Å². The largest absolute Gasteiger partial charge is 0.512 e. The number of allylic oxidation sites excluding steroid dienone is 2. The summed E-state index contributed by atoms with van der Waals surface area (Å²) in [5.74, 6) is -3.46. The molecule has 2 heterocycles. The summed E-state index contributed by atoms with van der Waals surface area (Å²) < 4.78 is 102. The van der Waals surface area contributed by atoms with Crippen LogP contribution >= 0.6 is 11.8 Å². The van der Waals surface area contributed by atoms with Crippen molar-refractivity contribution < 1.29 is 59.0 Å². The lowest BCUT2D eigenvalue weighted by atomic mass is 9.89. The number of nitriles is 1. The van der Waals surface area contributed by atoms with Crippen LogP contribution in [0.25, 0.3) is 6.08 Å². The number of rotatable bonds is 20. The van der Waals surface area contributed by atoms with Crippen LogP contribution in [0.4, 0.5) is 18.0 Å². The monoisotopic (exact) mass is 850 g/mol. The van der Waals surface area contributed by atoms with E-state index >= 15 is 4.39 Å². The van der Waals surface area contributed by atoms with Gasteiger partial charge in [0.15, 0.2) is 11.9 Å². The molecule has 58 heavy (non-hydrogen) atoms. The van der Waals surface area contributed by atoms with Crippen LogP contribution in [0.2, 0.25) is 0 Å². The number of hydrogen-bond donors (Lipinski definition) is 0. The number of thioether (sulfide) groups is 1. The van der Waals surface area contributed by atoms with E-state index in [1.807, 2.05) is 19.9 Å². The van der Waals surface area contributed by atoms with Gasteiger partial charge in [-0.1, -0.05) is 38.1 Å². The molecule has 1 aromatic heterocycles. The Bertz CT molecular complexity index is 2040. The quantitative estimate of drug-likeness (QED) is 0.0381. The minimum atomic E-state index is -3.75. The highest BCUT2D eigenvalue weighted by molar-refractivity contribution is 8.00. The van der Waals surface area contributed by atoms with E-state index in [0.29, 0.717) is 11.6 Å². The van der Waals surface area contributed by atoms with Gasteiger partial charge in [0.1, 0.15) is 30.1 Å². The van der Waals surface area contributed by atoms with Gasteiger partial charge in [0.05, 0.1) is 49.0 Å². The highest BCUT2D eigenvalue weighted by atomic mass is 32.2. The molecule has 1 unspecified atom stereocenters. The fraction of sp³-hybridized carbons (Fsp3) is 0.462. The number of halogens is 3. The number of aromatic nitrogens is 3. The van der Waals surface area contributed by atoms with Gasteiger partial charge in [0.25, 0.3) is 10.1 Å². The van der Waals surface area contributed by atoms with Crippen molar-refractivity contribution >= 4 is 40.1 Å². The van der Waals surface area contributed by atoms with Crippen LogP contribution < -0.4 is 0 Å². The van der Waals surface area contributed by atoms with Gasteiger partial charge in [-0.2, -0.15) is 18.8 Å². The molecule has 0 bridgehead atoms. The van der Waals surface area contributed by atoms with E-state index in [2.05, 4.69) is 10.1 Å². The zero-order valence-electron chi connectivity index (χ0n) is 32.3. The molecular weight excluding hydrogens is 806 g/mol. The number of unbranched alkanes of at least 4 members (excludes halogenated alkanes) is 1. The van der Waals surface area contributed by atoms with Gasteiger partial charge in [0, 0.05) is 35.8 Å². The lowest BCUT2D eigenvalue weighted by Crippen LogP contribution is -2.47. The molecule has 4 rings (SSSR count). The minimum absolute atomic E-state index is 0.0264. The molecular formula is C39H45F3N4O10S2. The first-order valence-electron chi connectivity index (χ1n) is 18.3. The van der Waals surface area contributed by atoms with Crippen LogP contribution in [-0.4, -0.2) is 84.0 Å². The van der Waals surface area contributed by atoms with E-state index in [4.69, 9.17) is 33.1 Å². The number of benzene rings is 2. The lowest BCUT2D eigenvalue weighted by Gasteiger charge is -2.40. The molecule has 3 aromatic rings. The number of ether oxygens (including phenoxy) is 5. The number of carbonyl (C=O) groups is 2. The predicted octanol–water partition coefficient (Wildman–Crippen LogP) is 6.81. The Hall–Kier alpha value is -4.74. The molecule has 0 aliphatic carbocycles. The second-order valence-corrected chi connectivity index (χ2v) is 17.0. The number of esters is 1. The fourth-order valence-electron chi connectivity index (χ4n) is 5.55. The maximum atomic E-state index is 15.7. The van der Waals surface area contributed by atoms with Gasteiger partial charge in [-0.15, -0.1) is 11.8 Å². The third-order valence-corrected chi connectivity index (χ3v) is 11.1. The Labute approximate surface area is 339 Å². The molecule has 3 atom stereocenters. The average Bonchev–Trinajstić information content (AvgIpc) is 3.68. The van der Waals surface area contributed by atoms with Crippen molar-refractivity contribution in [3.8, 4) is 6.07 Å². The molecule has 1 aliphatic heterocycles. The average molecular weight is 851 g/mol. The summed E-state index contributed by atoms with van der Waals surface area (Å²) in [7, 11) is -3.75. The molecule has 0 saturated carbocycles. The first-order valence-corrected chi connectivity index (χ1v) is 20.8. The molecule has 14 nitrogen and oxygen atoms in total. The van der Waals surface area contributed by atoms with E-state index < -0.39 is 63.1 Å². The lowest BCUT2D eigenvalue weighted by molar-refractivity contribution is -0.171. The van der Waals surface area contributed by atoms with E-state index in [0.717, 1.165) is 18.2 Å². The summed E-state index contributed by atoms with van der Waals surface area (Å²) in [6.07, 6.45) is 5.46. The van der Waals surface area contributed by atoms with Gasteiger partial charge >= 0.3 is 12.1 Å². The van der Waals surface area contributed by atoms with Gasteiger partial charge in [-0.05, 0) is 56.0 Å². The highest BCUT2D eigenvalue weighted by Gasteiger charge is 2.47. The Morgan fingerprint density at radius 2 is 1.81 bits per heavy atom. The summed E-state index contributed by atoms with van der Waals surface area (Å²) >= 11 is 1.23. The molecule has 0 radical (unpaired) electrons. The Balaban J connectivity index is 1.41. The number of nitrogens with zero attached hydrogens (tertiary/aromatic N) is 4. The van der Waals surface area contributed by atoms with Crippen LogP contribution in [-0.2, 0) is 54.9 Å². The Morgan fingerprint density at radius 3 is 2.47 bits per heavy atom. The summed E-state index contributed by atoms with van der Waals surface area (Å²) in [5.41, 5.74) is -1.64. The van der Waals surface area contributed by atoms with Crippen LogP contribution in [0.5, 0.6) is 0 Å². The second kappa shape index (κ2) is 21.9. The smallest absolute Gasteiger partial charge is 0.425 e. The molecule has 1 fully saturated rings. The van der Waals surface area contributed by atoms with Gasteiger partial charge < -0.3 is 23.7 Å². The molecule has 2 aromatic carbocycles. The maximum Gasteiger partial charge on any atom is 0.512 e. The molecule has 0 spiro atoms. The van der Waals surface area contributed by atoms with Gasteiger partial charge in [-0.25, -0.2) is 27.6 Å². The predicted molar refractivity (Wildman–Crippen MR) is 205 cm³/mol. The molecule has 0 amide bonds. The topological polar surface area (TPSA) is 178 Å². The van der Waals surface area contributed by atoms with E-state index in [1.54, 1.807) is 25.2 Å². The van der Waals surface area contributed by atoms with E-state index in [1.165, 1.54) is 54.2 Å². The van der Waals surface area contributed by atoms with Crippen LogP contribution in [0, 0.1) is 34.7 Å². The van der Waals surface area contributed by atoms with Crippen molar-refractivity contribution in [3.63, 3.8) is 0 Å². The Morgan fingerprint density at radius 1 is 1.05 bits per heavy atom. The van der Waals surface area contributed by atoms with Crippen molar-refractivity contribution in [1.29, 1.82) is 5.26 Å². The fourth-order valence-corrected chi connectivity index (χ4v) is 8.06. The summed E-state index contributed by atoms with van der Waals surface area (Å²) in [4.78, 5) is 29.9. The third-order valence-electron chi connectivity index (χ3n) is 8.41. The summed E-state index contributed by atoms with van der Waals surface area (Å²) in [6.45, 7) is 6.60. The first-order chi connectivity index (χ1) is 27.6. The number of carbonyl (C=O) groups excluding carboxylic acids is 2. The standard InChI is InChI=1S/C39H45F3N4O10S2/c1-26(2)20-53-58(49,50)16-8-7-10-36(47)54-28(4)55-38(48)56-39(23-46-25-44-24-45-46,33-15-14-31(40)18-35(33)42)27(3)57-32-21-51-37(52-22-32)11-6-5-9-30-13-12-29(19-43)17-34(30)41/h5-6,9,11-15,17-18,24-28,32,37H,7-8,10,16,20-23H2,1-4H3/b9-5+,11-6+/t27-,28?,32?,37?,39-/m1/s1. The van der Waals surface area contributed by atoms with Gasteiger partial charge in [-0.3, -0.25) is 8.98 Å². The van der Waals surface area contributed by atoms with E-state index in [9.17, 15) is 26.8 Å². The first kappa shape index (κ1) is 46.0. The molecule has 0 N–H and O–H groups in total. The zero-order chi connectivity index (χ0) is 42.3. The second-order valence-electron chi connectivity index (χ2n) is 13.6. The van der Waals surface area contributed by atoms with Crippen molar-refractivity contribution in [1.82, 2.24) is 14.8 Å². The third kappa shape index (κ3) is 14.3. The van der Waals surface area contributed by atoms with Crippen LogP contribution in [0.3, 0.4) is 0 Å².